The lowest BCUT2D eigenvalue weighted by molar-refractivity contribution is -0.129. The highest BCUT2D eigenvalue weighted by Crippen LogP contribution is 2.60. The molecule has 2 saturated carbocycles. The van der Waals surface area contributed by atoms with Crippen LogP contribution in [0, 0.1) is 11.8 Å². The molecule has 2 bridgehead atoms. The van der Waals surface area contributed by atoms with E-state index in [9.17, 15) is 9.59 Å². The van der Waals surface area contributed by atoms with Gasteiger partial charge in [0.1, 0.15) is 12.4 Å². The fourth-order valence-corrected chi connectivity index (χ4v) is 7.22. The summed E-state index contributed by atoms with van der Waals surface area (Å²) in [7, 11) is 0. The Hall–Kier alpha value is -3.67. The maximum Gasteiger partial charge on any atom is 0.251 e. The monoisotopic (exact) mass is 523 g/mol. The molecule has 6 rings (SSSR count). The van der Waals surface area contributed by atoms with Crippen LogP contribution in [0.5, 0.6) is 5.75 Å². The normalized spacial score (nSPS) is 24.5. The molecule has 2 amide bonds. The third-order valence-corrected chi connectivity index (χ3v) is 9.27. The number of piperidine rings is 1. The van der Waals surface area contributed by atoms with Gasteiger partial charge in [-0.05, 0) is 91.5 Å². The zero-order valence-corrected chi connectivity index (χ0v) is 22.6. The summed E-state index contributed by atoms with van der Waals surface area (Å²) < 4.78 is 6.01. The largest absolute Gasteiger partial charge is 0.487 e. The van der Waals surface area contributed by atoms with Gasteiger partial charge in [0.25, 0.3) is 5.91 Å². The molecule has 1 aromatic heterocycles. The van der Waals surface area contributed by atoms with Crippen molar-refractivity contribution in [3.05, 3.63) is 95.3 Å². The number of carbonyl (C=O) groups is 2. The van der Waals surface area contributed by atoms with Gasteiger partial charge < -0.3 is 15.0 Å². The minimum atomic E-state index is -0.0285. The van der Waals surface area contributed by atoms with E-state index in [2.05, 4.69) is 46.7 Å². The second-order valence-corrected chi connectivity index (χ2v) is 11.5. The van der Waals surface area contributed by atoms with E-state index < -0.39 is 0 Å². The van der Waals surface area contributed by atoms with Crippen LogP contribution in [0.4, 0.5) is 0 Å². The highest BCUT2D eigenvalue weighted by atomic mass is 16.5. The zero-order chi connectivity index (χ0) is 26.8. The van der Waals surface area contributed by atoms with Crippen molar-refractivity contribution in [1.29, 1.82) is 0 Å². The van der Waals surface area contributed by atoms with Gasteiger partial charge in [-0.15, -0.1) is 0 Å². The van der Waals surface area contributed by atoms with Crippen LogP contribution in [-0.4, -0.2) is 40.8 Å². The average Bonchev–Trinajstić information content (AvgIpc) is 3.60. The Morgan fingerprint density at radius 2 is 1.67 bits per heavy atom. The predicted molar refractivity (Wildman–Crippen MR) is 150 cm³/mol. The van der Waals surface area contributed by atoms with Gasteiger partial charge in [-0.25, -0.2) is 0 Å². The topological polar surface area (TPSA) is 71.5 Å². The van der Waals surface area contributed by atoms with Gasteiger partial charge in [0.05, 0.1) is 5.69 Å². The number of nitrogens with one attached hydrogen (secondary N) is 1. The fourth-order valence-electron chi connectivity index (χ4n) is 7.22. The summed E-state index contributed by atoms with van der Waals surface area (Å²) in [6.45, 7) is 3.47. The number of nitrogens with zero attached hydrogens (tertiary/aromatic N) is 2. The van der Waals surface area contributed by atoms with Gasteiger partial charge in [-0.1, -0.05) is 36.8 Å². The number of aromatic nitrogens is 1. The number of hydrogen-bond acceptors (Lipinski definition) is 4. The molecule has 1 aliphatic heterocycles. The van der Waals surface area contributed by atoms with E-state index in [-0.39, 0.29) is 23.3 Å². The van der Waals surface area contributed by atoms with Gasteiger partial charge >= 0.3 is 0 Å². The summed E-state index contributed by atoms with van der Waals surface area (Å²) in [4.78, 5) is 30.8. The first-order valence-electron chi connectivity index (χ1n) is 14.3. The van der Waals surface area contributed by atoms with Crippen LogP contribution in [0.25, 0.3) is 0 Å². The lowest BCUT2D eigenvalue weighted by Crippen LogP contribution is -2.46. The van der Waals surface area contributed by atoms with Gasteiger partial charge in [0, 0.05) is 43.2 Å². The summed E-state index contributed by atoms with van der Waals surface area (Å²) in [5, 5.41) is 3.19. The summed E-state index contributed by atoms with van der Waals surface area (Å²) >= 11 is 0. The highest BCUT2D eigenvalue weighted by molar-refractivity contribution is 5.94. The van der Waals surface area contributed by atoms with Gasteiger partial charge in [0.15, 0.2) is 0 Å². The minimum absolute atomic E-state index is 0.0169. The first kappa shape index (κ1) is 25.6. The molecule has 6 heteroatoms. The van der Waals surface area contributed by atoms with E-state index in [1.54, 1.807) is 13.1 Å². The number of carbonyl (C=O) groups excluding carboxylic acids is 2. The molecule has 0 radical (unpaired) electrons. The van der Waals surface area contributed by atoms with Crippen LogP contribution in [0.2, 0.25) is 0 Å². The Labute approximate surface area is 230 Å². The van der Waals surface area contributed by atoms with Crippen molar-refractivity contribution in [2.24, 2.45) is 11.8 Å². The minimum Gasteiger partial charge on any atom is -0.487 e. The second kappa shape index (κ2) is 10.8. The van der Waals surface area contributed by atoms with E-state index in [1.807, 2.05) is 35.2 Å². The lowest BCUT2D eigenvalue weighted by Gasteiger charge is -2.39. The summed E-state index contributed by atoms with van der Waals surface area (Å²) in [6, 6.07) is 23.0. The number of likely N-dealkylation sites (tertiary alicyclic amines) is 1. The number of ether oxygens (including phenoxy) is 1. The molecule has 6 nitrogen and oxygen atoms in total. The first-order valence-corrected chi connectivity index (χ1v) is 14.3. The van der Waals surface area contributed by atoms with E-state index in [0.717, 1.165) is 36.6 Å². The molecule has 1 saturated heterocycles. The Morgan fingerprint density at radius 1 is 0.949 bits per heavy atom. The van der Waals surface area contributed by atoms with Crippen molar-refractivity contribution in [3.8, 4) is 5.75 Å². The van der Waals surface area contributed by atoms with Gasteiger partial charge in [-0.3, -0.25) is 14.6 Å². The molecular weight excluding hydrogens is 486 g/mol. The Bertz CT molecular complexity index is 1300. The maximum absolute atomic E-state index is 13.0. The molecular formula is C33H37N3O3. The van der Waals surface area contributed by atoms with Crippen LogP contribution < -0.4 is 10.1 Å². The van der Waals surface area contributed by atoms with Crippen molar-refractivity contribution in [3.63, 3.8) is 0 Å². The number of rotatable bonds is 7. The van der Waals surface area contributed by atoms with Crippen molar-refractivity contribution in [1.82, 2.24) is 15.2 Å². The van der Waals surface area contributed by atoms with Crippen molar-refractivity contribution in [2.75, 3.05) is 13.1 Å². The van der Waals surface area contributed by atoms with E-state index >= 15 is 0 Å². The molecule has 3 aromatic rings. The molecule has 3 aliphatic rings. The number of amides is 2. The number of fused-ring (bicyclic) bond motifs is 2. The Morgan fingerprint density at radius 3 is 2.26 bits per heavy atom. The molecule has 1 N–H and O–H groups in total. The maximum atomic E-state index is 13.0. The fraction of sp³-hybridized carbons (Fsp3) is 0.424. The van der Waals surface area contributed by atoms with Gasteiger partial charge in [-0.2, -0.15) is 0 Å². The smallest absolute Gasteiger partial charge is 0.251 e. The number of benzene rings is 2. The van der Waals surface area contributed by atoms with Crippen LogP contribution in [0.3, 0.4) is 0 Å². The Balaban J connectivity index is 1.17. The van der Waals surface area contributed by atoms with E-state index in [1.165, 1.54) is 30.4 Å². The average molecular weight is 524 g/mol. The van der Waals surface area contributed by atoms with Gasteiger partial charge in [0.2, 0.25) is 5.91 Å². The van der Waals surface area contributed by atoms with Crippen molar-refractivity contribution < 1.29 is 14.3 Å². The molecule has 202 valence electrons. The standard InChI is InChI=1S/C33H37N3O3/c1-23(37)36-18-15-29(16-19-36)35-32(38)25-6-9-26(10-7-25)33(21-24-5-8-28(33)20-24)27-11-13-31(14-12-27)39-22-30-4-2-3-17-34-30/h2-4,6-7,9-14,17,24,28-29H,5,8,15-16,18-22H2,1H3,(H,35,38)/t24?,28-,33+/m1/s1. The molecule has 2 aromatic carbocycles. The quantitative estimate of drug-likeness (QED) is 0.444. The third-order valence-electron chi connectivity index (χ3n) is 9.27. The summed E-state index contributed by atoms with van der Waals surface area (Å²) in [6.07, 6.45) is 8.40. The molecule has 0 spiro atoms. The van der Waals surface area contributed by atoms with Crippen LogP contribution in [0.1, 0.15) is 72.6 Å². The van der Waals surface area contributed by atoms with Crippen LogP contribution in [-0.2, 0) is 16.8 Å². The Kier molecular flexibility index (Phi) is 7.11. The third kappa shape index (κ3) is 5.17. The first-order chi connectivity index (χ1) is 19.0. The molecule has 2 heterocycles. The second-order valence-electron chi connectivity index (χ2n) is 11.5. The summed E-state index contributed by atoms with van der Waals surface area (Å²) in [5.41, 5.74) is 4.25. The number of pyridine rings is 1. The van der Waals surface area contributed by atoms with Crippen LogP contribution >= 0.6 is 0 Å². The van der Waals surface area contributed by atoms with Crippen LogP contribution in [0.15, 0.2) is 72.9 Å². The summed E-state index contributed by atoms with van der Waals surface area (Å²) in [5.74, 6) is 2.31. The van der Waals surface area contributed by atoms with Crippen molar-refractivity contribution >= 4 is 11.8 Å². The number of hydrogen-bond donors (Lipinski definition) is 1. The van der Waals surface area contributed by atoms with Crippen molar-refractivity contribution in [2.45, 2.75) is 63.5 Å². The molecule has 1 unspecified atom stereocenters. The SMILES string of the molecule is CC(=O)N1CCC(NC(=O)c2ccc([C@]3(c4ccc(OCc5ccccn5)cc4)CC4CC[C@@H]3C4)cc2)CC1. The van der Waals surface area contributed by atoms with E-state index in [0.29, 0.717) is 31.2 Å². The predicted octanol–water partition coefficient (Wildman–Crippen LogP) is 5.51. The molecule has 3 atom stereocenters. The zero-order valence-electron chi connectivity index (χ0n) is 22.6. The molecule has 2 aliphatic carbocycles. The highest BCUT2D eigenvalue weighted by Gasteiger charge is 2.52. The van der Waals surface area contributed by atoms with E-state index in [4.69, 9.17) is 4.74 Å². The molecule has 3 fully saturated rings. The molecule has 39 heavy (non-hydrogen) atoms. The lowest BCUT2D eigenvalue weighted by atomic mass is 9.64.